The van der Waals surface area contributed by atoms with E-state index in [0.717, 1.165) is 16.7 Å². The van der Waals surface area contributed by atoms with Crippen LogP contribution in [-0.4, -0.2) is 0 Å². The maximum Gasteiger partial charge on any atom is 0.0784 e. The molecule has 2 aromatic carbocycles. The molecule has 0 heterocycles. The van der Waals surface area contributed by atoms with E-state index in [9.17, 15) is 0 Å². The number of halogens is 4. The van der Waals surface area contributed by atoms with Crippen molar-refractivity contribution in [2.45, 2.75) is 6.92 Å². The fourth-order valence-electron chi connectivity index (χ4n) is 1.58. The van der Waals surface area contributed by atoms with Gasteiger partial charge in [-0.3, -0.25) is 0 Å². The molecule has 2 aromatic rings. The zero-order chi connectivity index (χ0) is 12.6. The van der Waals surface area contributed by atoms with E-state index in [1.807, 2.05) is 31.2 Å². The van der Waals surface area contributed by atoms with Crippen LogP contribution in [0.4, 0.5) is 0 Å². The SMILES string of the molecule is Cc1ccc(Cl)c(-c2ccc(Cl)c(Cl)c2Cl)c1. The monoisotopic (exact) mass is 304 g/mol. The van der Waals surface area contributed by atoms with Crippen LogP contribution < -0.4 is 0 Å². The summed E-state index contributed by atoms with van der Waals surface area (Å²) in [4.78, 5) is 0. The second kappa shape index (κ2) is 5.07. The maximum absolute atomic E-state index is 6.18. The van der Waals surface area contributed by atoms with Gasteiger partial charge in [0, 0.05) is 16.1 Å². The molecule has 4 heteroatoms. The minimum absolute atomic E-state index is 0.350. The largest absolute Gasteiger partial charge is 0.0837 e. The highest BCUT2D eigenvalue weighted by Gasteiger charge is 2.12. The summed E-state index contributed by atoms with van der Waals surface area (Å²) in [7, 11) is 0. The zero-order valence-corrected chi connectivity index (χ0v) is 11.9. The Bertz CT molecular complexity index is 576. The van der Waals surface area contributed by atoms with Crippen molar-refractivity contribution in [3.05, 3.63) is 56.0 Å². The van der Waals surface area contributed by atoms with Gasteiger partial charge in [0.05, 0.1) is 15.1 Å². The Morgan fingerprint density at radius 3 is 2.06 bits per heavy atom. The third kappa shape index (κ3) is 2.56. The molecule has 17 heavy (non-hydrogen) atoms. The molecule has 0 amide bonds. The van der Waals surface area contributed by atoms with Gasteiger partial charge in [0.25, 0.3) is 0 Å². The smallest absolute Gasteiger partial charge is 0.0784 e. The van der Waals surface area contributed by atoms with Crippen molar-refractivity contribution in [1.82, 2.24) is 0 Å². The molecule has 0 aliphatic rings. The van der Waals surface area contributed by atoms with Crippen molar-refractivity contribution in [3.63, 3.8) is 0 Å². The van der Waals surface area contributed by atoms with E-state index in [4.69, 9.17) is 46.4 Å². The molecular formula is C13H8Cl4. The van der Waals surface area contributed by atoms with Crippen LogP contribution in [0, 0.1) is 6.92 Å². The minimum atomic E-state index is 0.350. The molecule has 0 unspecified atom stereocenters. The van der Waals surface area contributed by atoms with Gasteiger partial charge in [0.15, 0.2) is 0 Å². The molecule has 0 radical (unpaired) electrons. The van der Waals surface area contributed by atoms with Crippen molar-refractivity contribution in [3.8, 4) is 11.1 Å². The van der Waals surface area contributed by atoms with E-state index < -0.39 is 0 Å². The average Bonchev–Trinajstić information content (AvgIpc) is 2.30. The first kappa shape index (κ1) is 13.0. The number of hydrogen-bond acceptors (Lipinski definition) is 0. The van der Waals surface area contributed by atoms with Crippen molar-refractivity contribution >= 4 is 46.4 Å². The molecule has 0 aromatic heterocycles. The highest BCUT2D eigenvalue weighted by Crippen LogP contribution is 2.40. The normalized spacial score (nSPS) is 10.6. The summed E-state index contributed by atoms with van der Waals surface area (Å²) in [5.74, 6) is 0. The molecule has 0 N–H and O–H groups in total. The molecule has 0 aliphatic heterocycles. The molecule has 0 atom stereocenters. The molecule has 0 saturated heterocycles. The quantitative estimate of drug-likeness (QED) is 0.544. The van der Waals surface area contributed by atoms with Crippen LogP contribution in [0.2, 0.25) is 20.1 Å². The van der Waals surface area contributed by atoms with Gasteiger partial charge < -0.3 is 0 Å². The molecule has 0 spiro atoms. The summed E-state index contributed by atoms with van der Waals surface area (Å²) < 4.78 is 0. The van der Waals surface area contributed by atoms with Gasteiger partial charge >= 0.3 is 0 Å². The van der Waals surface area contributed by atoms with E-state index in [2.05, 4.69) is 0 Å². The lowest BCUT2D eigenvalue weighted by atomic mass is 10.0. The van der Waals surface area contributed by atoms with Crippen molar-refractivity contribution in [2.24, 2.45) is 0 Å². The molecule has 0 aliphatic carbocycles. The average molecular weight is 306 g/mol. The first-order valence-corrected chi connectivity index (χ1v) is 6.42. The van der Waals surface area contributed by atoms with Crippen LogP contribution >= 0.6 is 46.4 Å². The van der Waals surface area contributed by atoms with E-state index >= 15 is 0 Å². The Morgan fingerprint density at radius 2 is 1.35 bits per heavy atom. The Kier molecular flexibility index (Phi) is 3.89. The highest BCUT2D eigenvalue weighted by atomic mass is 35.5. The molecule has 2 rings (SSSR count). The third-order valence-corrected chi connectivity index (χ3v) is 4.07. The molecule has 0 fully saturated rings. The Balaban J connectivity index is 2.69. The predicted octanol–water partition coefficient (Wildman–Crippen LogP) is 6.28. The number of benzene rings is 2. The number of hydrogen-bond donors (Lipinski definition) is 0. The number of aryl methyl sites for hydroxylation is 1. The molecule has 0 saturated carbocycles. The predicted molar refractivity (Wildman–Crippen MR) is 76.7 cm³/mol. The fraction of sp³-hybridized carbons (Fsp3) is 0.0769. The summed E-state index contributed by atoms with van der Waals surface area (Å²) in [6.45, 7) is 1.99. The van der Waals surface area contributed by atoms with Crippen LogP contribution in [0.5, 0.6) is 0 Å². The van der Waals surface area contributed by atoms with Crippen molar-refractivity contribution in [2.75, 3.05) is 0 Å². The summed E-state index contributed by atoms with van der Waals surface area (Å²) in [5, 5.41) is 1.84. The Hall–Kier alpha value is -0.400. The van der Waals surface area contributed by atoms with E-state index in [1.54, 1.807) is 6.07 Å². The lowest BCUT2D eigenvalue weighted by Gasteiger charge is -2.10. The van der Waals surface area contributed by atoms with E-state index in [0.29, 0.717) is 20.1 Å². The van der Waals surface area contributed by atoms with Crippen LogP contribution in [0.1, 0.15) is 5.56 Å². The lowest BCUT2D eigenvalue weighted by Crippen LogP contribution is -1.84. The minimum Gasteiger partial charge on any atom is -0.0837 e. The molecule has 0 nitrogen and oxygen atoms in total. The van der Waals surface area contributed by atoms with Gasteiger partial charge in [-0.2, -0.15) is 0 Å². The van der Waals surface area contributed by atoms with Crippen molar-refractivity contribution < 1.29 is 0 Å². The van der Waals surface area contributed by atoms with Gasteiger partial charge in [-0.1, -0.05) is 64.1 Å². The lowest BCUT2D eigenvalue weighted by molar-refractivity contribution is 1.47. The highest BCUT2D eigenvalue weighted by molar-refractivity contribution is 6.49. The fourth-order valence-corrected chi connectivity index (χ4v) is 2.44. The van der Waals surface area contributed by atoms with Crippen LogP contribution in [0.15, 0.2) is 30.3 Å². The summed E-state index contributed by atoms with van der Waals surface area (Å²) >= 11 is 24.3. The standard InChI is InChI=1S/C13H8Cl4/c1-7-2-4-10(14)9(6-7)8-3-5-11(15)13(17)12(8)16/h2-6H,1H3. The van der Waals surface area contributed by atoms with Crippen LogP contribution in [0.25, 0.3) is 11.1 Å². The molecule has 0 bridgehead atoms. The van der Waals surface area contributed by atoms with E-state index in [1.165, 1.54) is 0 Å². The zero-order valence-electron chi connectivity index (χ0n) is 8.90. The molecule has 88 valence electrons. The van der Waals surface area contributed by atoms with Gasteiger partial charge in [-0.25, -0.2) is 0 Å². The van der Waals surface area contributed by atoms with Crippen molar-refractivity contribution in [1.29, 1.82) is 0 Å². The van der Waals surface area contributed by atoms with Gasteiger partial charge in [-0.15, -0.1) is 0 Å². The molecular weight excluding hydrogens is 298 g/mol. The summed E-state index contributed by atoms with van der Waals surface area (Å²) in [6.07, 6.45) is 0. The first-order valence-electron chi connectivity index (χ1n) is 4.90. The second-order valence-electron chi connectivity index (χ2n) is 3.71. The topological polar surface area (TPSA) is 0 Å². The summed E-state index contributed by atoms with van der Waals surface area (Å²) in [6, 6.07) is 9.27. The Labute approximate surface area is 120 Å². The second-order valence-corrected chi connectivity index (χ2v) is 5.28. The van der Waals surface area contributed by atoms with Gasteiger partial charge in [0.1, 0.15) is 0 Å². The van der Waals surface area contributed by atoms with Crippen LogP contribution in [0.3, 0.4) is 0 Å². The first-order chi connectivity index (χ1) is 8.00. The van der Waals surface area contributed by atoms with Crippen LogP contribution in [-0.2, 0) is 0 Å². The Morgan fingerprint density at radius 1 is 0.706 bits per heavy atom. The third-order valence-electron chi connectivity index (χ3n) is 2.45. The maximum atomic E-state index is 6.18. The van der Waals surface area contributed by atoms with Gasteiger partial charge in [0.2, 0.25) is 0 Å². The number of rotatable bonds is 1. The van der Waals surface area contributed by atoms with E-state index in [-0.39, 0.29) is 0 Å². The summed E-state index contributed by atoms with van der Waals surface area (Å²) in [5.41, 5.74) is 2.75. The van der Waals surface area contributed by atoms with Gasteiger partial charge in [-0.05, 0) is 25.1 Å².